The van der Waals surface area contributed by atoms with Crippen molar-refractivity contribution in [1.29, 1.82) is 0 Å². The molecule has 0 fully saturated rings. The van der Waals surface area contributed by atoms with E-state index in [1.54, 1.807) is 31.4 Å². The number of thiophene rings is 1. The Bertz CT molecular complexity index is 935. The van der Waals surface area contributed by atoms with Gasteiger partial charge in [-0.05, 0) is 36.4 Å². The standard InChI is InChI=1S/C14H12ClN3O4S2/c1-21-10-4-2-9(3-5-10)14-17-12(22-18-14)8-16-24(19,20)13-7-6-11(15)23-13/h2-7,16H,8H2,1H3. The summed E-state index contributed by atoms with van der Waals surface area (Å²) in [7, 11) is -2.08. The van der Waals surface area contributed by atoms with Crippen LogP contribution in [0, 0.1) is 0 Å². The number of nitrogens with one attached hydrogen (secondary N) is 1. The molecule has 126 valence electrons. The minimum atomic E-state index is -3.66. The highest BCUT2D eigenvalue weighted by Crippen LogP contribution is 2.25. The maximum Gasteiger partial charge on any atom is 0.250 e. The van der Waals surface area contributed by atoms with Gasteiger partial charge in [-0.3, -0.25) is 0 Å². The fourth-order valence-corrected chi connectivity index (χ4v) is 4.36. The van der Waals surface area contributed by atoms with Gasteiger partial charge in [-0.2, -0.15) is 4.98 Å². The fraction of sp³-hybridized carbons (Fsp3) is 0.143. The molecule has 1 aromatic carbocycles. The van der Waals surface area contributed by atoms with Crippen LogP contribution in [-0.2, 0) is 16.6 Å². The second-order valence-electron chi connectivity index (χ2n) is 4.62. The first-order chi connectivity index (χ1) is 11.5. The van der Waals surface area contributed by atoms with E-state index >= 15 is 0 Å². The normalized spacial score (nSPS) is 11.6. The Hall–Kier alpha value is -1.94. The number of aromatic nitrogens is 2. The van der Waals surface area contributed by atoms with Crippen molar-refractivity contribution in [3.8, 4) is 17.1 Å². The molecule has 3 aromatic rings. The lowest BCUT2D eigenvalue weighted by Crippen LogP contribution is -2.22. The van der Waals surface area contributed by atoms with E-state index in [-0.39, 0.29) is 16.6 Å². The van der Waals surface area contributed by atoms with Crippen molar-refractivity contribution in [2.45, 2.75) is 10.8 Å². The molecule has 0 radical (unpaired) electrons. The summed E-state index contributed by atoms with van der Waals surface area (Å²) in [6.07, 6.45) is 0. The molecule has 0 saturated heterocycles. The molecule has 3 rings (SSSR count). The minimum Gasteiger partial charge on any atom is -0.497 e. The number of benzene rings is 1. The predicted octanol–water partition coefficient (Wildman–Crippen LogP) is 2.94. The van der Waals surface area contributed by atoms with Gasteiger partial charge in [0, 0.05) is 5.56 Å². The van der Waals surface area contributed by atoms with Crippen molar-refractivity contribution in [1.82, 2.24) is 14.9 Å². The van der Waals surface area contributed by atoms with E-state index in [1.165, 1.54) is 12.1 Å². The molecule has 0 aliphatic rings. The van der Waals surface area contributed by atoms with Gasteiger partial charge in [0.25, 0.3) is 10.0 Å². The number of hydrogen-bond donors (Lipinski definition) is 1. The Morgan fingerprint density at radius 3 is 2.62 bits per heavy atom. The smallest absolute Gasteiger partial charge is 0.250 e. The molecule has 0 amide bonds. The number of ether oxygens (including phenoxy) is 1. The van der Waals surface area contributed by atoms with Crippen molar-refractivity contribution < 1.29 is 17.7 Å². The van der Waals surface area contributed by atoms with Crippen LogP contribution in [0.15, 0.2) is 45.1 Å². The lowest BCUT2D eigenvalue weighted by molar-refractivity contribution is 0.376. The van der Waals surface area contributed by atoms with E-state index in [9.17, 15) is 8.42 Å². The van der Waals surface area contributed by atoms with Crippen LogP contribution in [0.25, 0.3) is 11.4 Å². The zero-order valence-electron chi connectivity index (χ0n) is 12.4. The first kappa shape index (κ1) is 16.9. The first-order valence-electron chi connectivity index (χ1n) is 6.70. The van der Waals surface area contributed by atoms with Crippen LogP contribution in [-0.4, -0.2) is 25.7 Å². The number of sulfonamides is 1. The van der Waals surface area contributed by atoms with Crippen molar-refractivity contribution >= 4 is 33.0 Å². The molecule has 0 saturated carbocycles. The van der Waals surface area contributed by atoms with Gasteiger partial charge in [-0.25, -0.2) is 13.1 Å². The van der Waals surface area contributed by atoms with Gasteiger partial charge in [-0.15, -0.1) is 11.3 Å². The summed E-state index contributed by atoms with van der Waals surface area (Å²) < 4.78 is 37.3. The van der Waals surface area contributed by atoms with E-state index in [2.05, 4.69) is 14.9 Å². The average Bonchev–Trinajstić information content (AvgIpc) is 3.22. The second kappa shape index (κ2) is 6.89. The Morgan fingerprint density at radius 2 is 2.00 bits per heavy atom. The molecule has 0 aliphatic carbocycles. The Balaban J connectivity index is 1.69. The lowest BCUT2D eigenvalue weighted by Gasteiger charge is -2.00. The van der Waals surface area contributed by atoms with Crippen LogP contribution >= 0.6 is 22.9 Å². The Labute approximate surface area is 147 Å². The van der Waals surface area contributed by atoms with Gasteiger partial charge < -0.3 is 9.26 Å². The van der Waals surface area contributed by atoms with E-state index in [0.29, 0.717) is 15.9 Å². The van der Waals surface area contributed by atoms with Crippen LogP contribution in [0.2, 0.25) is 4.34 Å². The summed E-state index contributed by atoms with van der Waals surface area (Å²) in [6, 6.07) is 10.1. The molecule has 1 N–H and O–H groups in total. The molecular weight excluding hydrogens is 374 g/mol. The molecule has 0 aliphatic heterocycles. The lowest BCUT2D eigenvalue weighted by atomic mass is 10.2. The zero-order chi connectivity index (χ0) is 17.2. The van der Waals surface area contributed by atoms with Crippen LogP contribution < -0.4 is 9.46 Å². The van der Waals surface area contributed by atoms with E-state index in [0.717, 1.165) is 16.9 Å². The molecule has 2 heterocycles. The third kappa shape index (κ3) is 3.75. The Morgan fingerprint density at radius 1 is 1.25 bits per heavy atom. The summed E-state index contributed by atoms with van der Waals surface area (Å²) in [5, 5.41) is 3.84. The molecule has 0 unspecified atom stereocenters. The molecule has 2 aromatic heterocycles. The van der Waals surface area contributed by atoms with Gasteiger partial charge >= 0.3 is 0 Å². The highest BCUT2D eigenvalue weighted by atomic mass is 35.5. The second-order valence-corrected chi connectivity index (χ2v) is 8.33. The van der Waals surface area contributed by atoms with Gasteiger partial charge in [0.05, 0.1) is 18.0 Å². The molecule has 0 bridgehead atoms. The number of halogens is 1. The summed E-state index contributed by atoms with van der Waals surface area (Å²) in [5.74, 6) is 1.24. The Kier molecular flexibility index (Phi) is 4.86. The maximum absolute atomic E-state index is 12.1. The molecule has 7 nitrogen and oxygen atoms in total. The molecular formula is C14H12ClN3O4S2. The highest BCUT2D eigenvalue weighted by molar-refractivity contribution is 7.91. The maximum atomic E-state index is 12.1. The van der Waals surface area contributed by atoms with Crippen molar-refractivity contribution in [2.75, 3.05) is 7.11 Å². The highest BCUT2D eigenvalue weighted by Gasteiger charge is 2.18. The van der Waals surface area contributed by atoms with Crippen molar-refractivity contribution in [2.24, 2.45) is 0 Å². The number of rotatable bonds is 6. The van der Waals surface area contributed by atoms with Gasteiger partial charge in [0.15, 0.2) is 0 Å². The summed E-state index contributed by atoms with van der Waals surface area (Å²) in [5.41, 5.74) is 0.735. The number of hydrogen-bond acceptors (Lipinski definition) is 7. The van der Waals surface area contributed by atoms with Crippen molar-refractivity contribution in [3.63, 3.8) is 0 Å². The van der Waals surface area contributed by atoms with Gasteiger partial charge in [0.1, 0.15) is 9.96 Å². The van der Waals surface area contributed by atoms with Crippen LogP contribution in [0.5, 0.6) is 5.75 Å². The number of nitrogens with zero attached hydrogens (tertiary/aromatic N) is 2. The molecule has 24 heavy (non-hydrogen) atoms. The first-order valence-corrected chi connectivity index (χ1v) is 9.38. The summed E-state index contributed by atoms with van der Waals surface area (Å²) >= 11 is 6.72. The van der Waals surface area contributed by atoms with Gasteiger partial charge in [-0.1, -0.05) is 16.8 Å². The van der Waals surface area contributed by atoms with Crippen LogP contribution in [0.4, 0.5) is 0 Å². The molecule has 0 spiro atoms. The van der Waals surface area contributed by atoms with E-state index in [1.807, 2.05) is 0 Å². The third-order valence-corrected chi connectivity index (χ3v) is 6.17. The SMILES string of the molecule is COc1ccc(-c2noc(CNS(=O)(=O)c3ccc(Cl)s3)n2)cc1. The number of methoxy groups -OCH3 is 1. The minimum absolute atomic E-state index is 0.110. The third-order valence-electron chi connectivity index (χ3n) is 3.04. The van der Waals surface area contributed by atoms with Crippen molar-refractivity contribution in [3.05, 3.63) is 46.6 Å². The fourth-order valence-electron chi connectivity index (χ4n) is 1.85. The average molecular weight is 386 g/mol. The quantitative estimate of drug-likeness (QED) is 0.701. The zero-order valence-corrected chi connectivity index (χ0v) is 14.8. The summed E-state index contributed by atoms with van der Waals surface area (Å²) in [4.78, 5) is 4.17. The van der Waals surface area contributed by atoms with Crippen LogP contribution in [0.3, 0.4) is 0 Å². The predicted molar refractivity (Wildman–Crippen MR) is 89.6 cm³/mol. The van der Waals surface area contributed by atoms with Crippen LogP contribution in [0.1, 0.15) is 5.89 Å². The van der Waals surface area contributed by atoms with Gasteiger partial charge in [0.2, 0.25) is 11.7 Å². The topological polar surface area (TPSA) is 94.3 Å². The largest absolute Gasteiger partial charge is 0.497 e. The molecule has 10 heteroatoms. The summed E-state index contributed by atoms with van der Waals surface area (Å²) in [6.45, 7) is -0.110. The van der Waals surface area contributed by atoms with E-state index < -0.39 is 10.0 Å². The molecule has 0 atom stereocenters. The van der Waals surface area contributed by atoms with E-state index in [4.69, 9.17) is 20.9 Å². The monoisotopic (exact) mass is 385 g/mol.